The Hall–Kier alpha value is -4.15. The van der Waals surface area contributed by atoms with Crippen LogP contribution in [-0.2, 0) is 19.3 Å². The van der Waals surface area contributed by atoms with Crippen molar-refractivity contribution in [2.45, 2.75) is 25.7 Å². The van der Waals surface area contributed by atoms with Crippen molar-refractivity contribution < 1.29 is 0 Å². The highest BCUT2D eigenvalue weighted by Crippen LogP contribution is 2.37. The minimum absolute atomic E-state index is 0.647. The van der Waals surface area contributed by atoms with Crippen molar-refractivity contribution in [1.82, 2.24) is 0 Å². The lowest BCUT2D eigenvalue weighted by molar-refractivity contribution is 1.03. The molecule has 0 bridgehead atoms. The Morgan fingerprint density at radius 2 is 1.06 bits per heavy atom. The van der Waals surface area contributed by atoms with Crippen LogP contribution in [0.4, 0.5) is 17.1 Å². The summed E-state index contributed by atoms with van der Waals surface area (Å²) in [6.45, 7) is 0.647. The third-order valence-electron chi connectivity index (χ3n) is 7.36. The molecule has 36 heavy (non-hydrogen) atoms. The van der Waals surface area contributed by atoms with Gasteiger partial charge >= 0.3 is 0 Å². The molecule has 0 amide bonds. The van der Waals surface area contributed by atoms with Gasteiger partial charge in [-0.2, -0.15) is 0 Å². The quantitative estimate of drug-likeness (QED) is 0.350. The third kappa shape index (κ3) is 3.71. The van der Waals surface area contributed by atoms with E-state index in [0.717, 1.165) is 65.3 Å². The van der Waals surface area contributed by atoms with Crippen LogP contribution < -0.4 is 5.73 Å². The molecule has 0 aromatic heterocycles. The van der Waals surface area contributed by atoms with Crippen molar-refractivity contribution in [1.29, 1.82) is 0 Å². The van der Waals surface area contributed by atoms with E-state index in [1.54, 1.807) is 0 Å². The number of aliphatic imine (C=N–C) groups is 3. The summed E-state index contributed by atoms with van der Waals surface area (Å²) in [6, 6.07) is 30.3. The van der Waals surface area contributed by atoms with Gasteiger partial charge in [-0.05, 0) is 70.1 Å². The van der Waals surface area contributed by atoms with Crippen LogP contribution in [0.15, 0.2) is 99.9 Å². The van der Waals surface area contributed by atoms with Crippen molar-refractivity contribution in [3.63, 3.8) is 0 Å². The predicted molar refractivity (Wildman–Crippen MR) is 149 cm³/mol. The summed E-state index contributed by atoms with van der Waals surface area (Å²) in [6.07, 6.45) is 3.48. The molecule has 7 rings (SSSR count). The van der Waals surface area contributed by atoms with Gasteiger partial charge in [-0.25, -0.2) is 0 Å². The highest BCUT2D eigenvalue weighted by molar-refractivity contribution is 6.10. The van der Waals surface area contributed by atoms with E-state index in [0.29, 0.717) is 6.54 Å². The lowest BCUT2D eigenvalue weighted by atomic mass is 9.98. The van der Waals surface area contributed by atoms with Crippen LogP contribution in [0, 0.1) is 0 Å². The Morgan fingerprint density at radius 1 is 0.528 bits per heavy atom. The molecule has 4 aromatic rings. The minimum Gasteiger partial charge on any atom is -0.330 e. The normalized spacial score (nSPS) is 15.2. The van der Waals surface area contributed by atoms with Gasteiger partial charge in [0.05, 0.1) is 28.5 Å². The Bertz CT molecular complexity index is 1610. The highest BCUT2D eigenvalue weighted by Gasteiger charge is 2.22. The van der Waals surface area contributed by atoms with E-state index >= 15 is 0 Å². The van der Waals surface area contributed by atoms with Gasteiger partial charge in [0.1, 0.15) is 0 Å². The first-order valence-corrected chi connectivity index (χ1v) is 12.6. The highest BCUT2D eigenvalue weighted by atomic mass is 14.8. The van der Waals surface area contributed by atoms with Crippen LogP contribution in [-0.4, -0.2) is 23.7 Å². The smallest absolute Gasteiger partial charge is 0.0675 e. The zero-order valence-electron chi connectivity index (χ0n) is 20.0. The second-order valence-corrected chi connectivity index (χ2v) is 9.76. The molecule has 2 N–H and O–H groups in total. The van der Waals surface area contributed by atoms with Crippen LogP contribution in [0.25, 0.3) is 11.1 Å². The summed E-state index contributed by atoms with van der Waals surface area (Å²) in [5.41, 5.74) is 20.9. The van der Waals surface area contributed by atoms with E-state index < -0.39 is 0 Å². The maximum absolute atomic E-state index is 5.73. The summed E-state index contributed by atoms with van der Waals surface area (Å²) in [4.78, 5) is 14.8. The zero-order valence-corrected chi connectivity index (χ0v) is 20.0. The van der Waals surface area contributed by atoms with E-state index in [1.165, 1.54) is 33.5 Å². The number of nitrogens with two attached hydrogens (primary N) is 1. The Morgan fingerprint density at radius 3 is 1.67 bits per heavy atom. The fraction of sp³-hybridized carbons (Fsp3) is 0.156. The molecule has 4 nitrogen and oxygen atoms in total. The maximum Gasteiger partial charge on any atom is 0.0675 e. The first kappa shape index (κ1) is 21.2. The summed E-state index contributed by atoms with van der Waals surface area (Å²) in [5, 5.41) is 0. The number of hydrogen-bond donors (Lipinski definition) is 1. The summed E-state index contributed by atoms with van der Waals surface area (Å²) in [7, 11) is 0. The molecule has 0 saturated heterocycles. The van der Waals surface area contributed by atoms with Gasteiger partial charge in [0, 0.05) is 25.0 Å². The fourth-order valence-corrected chi connectivity index (χ4v) is 5.43. The summed E-state index contributed by atoms with van der Waals surface area (Å²) >= 11 is 0. The average Bonchev–Trinajstić information content (AvgIpc) is 3.63. The van der Waals surface area contributed by atoms with Crippen molar-refractivity contribution in [3.8, 4) is 11.1 Å². The lowest BCUT2D eigenvalue weighted by Crippen LogP contribution is -2.07. The number of benzene rings is 4. The zero-order chi connectivity index (χ0) is 24.1. The van der Waals surface area contributed by atoms with Gasteiger partial charge in [0.25, 0.3) is 0 Å². The molecule has 0 saturated carbocycles. The largest absolute Gasteiger partial charge is 0.330 e. The molecule has 0 atom stereocenters. The second-order valence-electron chi connectivity index (χ2n) is 9.76. The van der Waals surface area contributed by atoms with Gasteiger partial charge in [0.2, 0.25) is 0 Å². The van der Waals surface area contributed by atoms with Gasteiger partial charge in [-0.1, -0.05) is 66.7 Å². The second kappa shape index (κ2) is 8.51. The van der Waals surface area contributed by atoms with Crippen molar-refractivity contribution in [2.24, 2.45) is 20.7 Å². The third-order valence-corrected chi connectivity index (χ3v) is 7.36. The molecule has 0 unspecified atom stereocenters. The number of rotatable bonds is 5. The van der Waals surface area contributed by atoms with Crippen LogP contribution in [0.5, 0.6) is 0 Å². The van der Waals surface area contributed by atoms with Gasteiger partial charge in [-0.3, -0.25) is 15.0 Å². The van der Waals surface area contributed by atoms with Crippen LogP contribution in [0.1, 0.15) is 34.2 Å². The predicted octanol–water partition coefficient (Wildman–Crippen LogP) is 6.68. The number of hydrogen-bond acceptors (Lipinski definition) is 4. The van der Waals surface area contributed by atoms with E-state index in [9.17, 15) is 0 Å². The van der Waals surface area contributed by atoms with Crippen LogP contribution in [0.2, 0.25) is 0 Å². The first-order chi connectivity index (χ1) is 17.7. The standard InChI is InChI=1S/C32H26N4/c33-13-12-27-14-22-8-9-24(16-28(22)34-27)30-18-26-11-10-25(19-32(26)36-30)31-17-23-7-6-21(15-29(23)35-31)20-4-2-1-3-5-20/h1-11,15-16,19H,12-14,17-18,33H2. The van der Waals surface area contributed by atoms with Crippen molar-refractivity contribution >= 4 is 34.2 Å². The number of nitrogens with zero attached hydrogens (tertiary/aromatic N) is 3. The SMILES string of the molecule is NCCC1=Nc2cc(C3=Nc4cc(C5=Nc6cc(-c7ccccc7)ccc6C5)ccc4C3)ccc2C1. The molecule has 0 spiro atoms. The summed E-state index contributed by atoms with van der Waals surface area (Å²) in [5.74, 6) is 0. The number of fused-ring (bicyclic) bond motifs is 3. The van der Waals surface area contributed by atoms with Crippen LogP contribution in [0.3, 0.4) is 0 Å². The lowest BCUT2D eigenvalue weighted by Gasteiger charge is -2.04. The molecule has 4 aromatic carbocycles. The van der Waals surface area contributed by atoms with Crippen molar-refractivity contribution in [2.75, 3.05) is 6.54 Å². The monoisotopic (exact) mass is 466 g/mol. The molecule has 0 fully saturated rings. The van der Waals surface area contributed by atoms with E-state index in [-0.39, 0.29) is 0 Å². The molecule has 0 radical (unpaired) electrons. The molecule has 4 heteroatoms. The maximum atomic E-state index is 5.73. The van der Waals surface area contributed by atoms with Gasteiger partial charge < -0.3 is 5.73 Å². The minimum atomic E-state index is 0.647. The topological polar surface area (TPSA) is 63.1 Å². The Balaban J connectivity index is 1.16. The van der Waals surface area contributed by atoms with Crippen LogP contribution >= 0.6 is 0 Å². The van der Waals surface area contributed by atoms with E-state index in [4.69, 9.17) is 20.7 Å². The first-order valence-electron chi connectivity index (χ1n) is 12.6. The molecular weight excluding hydrogens is 440 g/mol. The Kier molecular flexibility index (Phi) is 5.00. The molecule has 0 aliphatic carbocycles. The Labute approximate surface area is 211 Å². The molecule has 174 valence electrons. The average molecular weight is 467 g/mol. The van der Waals surface area contributed by atoms with Gasteiger partial charge in [0.15, 0.2) is 0 Å². The van der Waals surface area contributed by atoms with Gasteiger partial charge in [-0.15, -0.1) is 0 Å². The molecule has 3 aliphatic rings. The molecule has 3 aliphatic heterocycles. The molecular formula is C32H26N4. The van der Waals surface area contributed by atoms with Crippen molar-refractivity contribution in [3.05, 3.63) is 113 Å². The van der Waals surface area contributed by atoms with E-state index in [2.05, 4.69) is 78.9 Å². The van der Waals surface area contributed by atoms with E-state index in [1.807, 2.05) is 6.07 Å². The summed E-state index contributed by atoms with van der Waals surface area (Å²) < 4.78 is 0. The molecule has 3 heterocycles. The fourth-order valence-electron chi connectivity index (χ4n) is 5.43.